The molecule has 0 aliphatic heterocycles. The maximum atomic E-state index is 12.2. The first-order valence-electron chi connectivity index (χ1n) is 10.3. The third-order valence-corrected chi connectivity index (χ3v) is 5.76. The summed E-state index contributed by atoms with van der Waals surface area (Å²) in [7, 11) is 0. The van der Waals surface area contributed by atoms with Crippen LogP contribution < -0.4 is 4.74 Å². The number of aromatic amines is 1. The van der Waals surface area contributed by atoms with Crippen molar-refractivity contribution in [2.24, 2.45) is 0 Å². The lowest BCUT2D eigenvalue weighted by Crippen LogP contribution is -2.10. The van der Waals surface area contributed by atoms with E-state index in [9.17, 15) is 9.90 Å². The number of hydrogen-bond acceptors (Lipinski definition) is 5. The molecule has 0 bridgehead atoms. The SMILES string of the molecule is CCOc1[nH]c2ccc(-c3nc4ccccc4n3C(=O)O)c(C)c2c1-c1c(C)noc1C. The molecule has 2 N–H and O–H groups in total. The predicted octanol–water partition coefficient (Wildman–Crippen LogP) is 5.69. The third-order valence-electron chi connectivity index (χ3n) is 5.76. The molecule has 0 saturated carbocycles. The molecule has 0 aliphatic rings. The number of ether oxygens (including phenoxy) is 1. The molecule has 5 rings (SSSR count). The molecule has 0 spiro atoms. The number of aryl methyl sites for hydroxylation is 3. The zero-order valence-electron chi connectivity index (χ0n) is 18.2. The number of fused-ring (bicyclic) bond motifs is 2. The van der Waals surface area contributed by atoms with E-state index in [-0.39, 0.29) is 0 Å². The van der Waals surface area contributed by atoms with Crippen LogP contribution in [0.25, 0.3) is 44.5 Å². The van der Waals surface area contributed by atoms with Gasteiger partial charge in [-0.15, -0.1) is 0 Å². The van der Waals surface area contributed by atoms with E-state index in [0.29, 0.717) is 35.1 Å². The summed E-state index contributed by atoms with van der Waals surface area (Å²) in [5, 5.41) is 15.0. The van der Waals surface area contributed by atoms with Gasteiger partial charge in [-0.05, 0) is 57.5 Å². The molecule has 3 heterocycles. The summed E-state index contributed by atoms with van der Waals surface area (Å²) < 4.78 is 12.6. The van der Waals surface area contributed by atoms with Crippen molar-refractivity contribution in [3.63, 3.8) is 0 Å². The van der Waals surface area contributed by atoms with Crippen LogP contribution in [0.4, 0.5) is 4.79 Å². The van der Waals surface area contributed by atoms with Crippen molar-refractivity contribution in [3.05, 3.63) is 53.4 Å². The number of carbonyl (C=O) groups is 1. The smallest absolute Gasteiger partial charge is 0.417 e. The van der Waals surface area contributed by atoms with E-state index in [1.54, 1.807) is 12.1 Å². The number of aromatic nitrogens is 4. The Labute approximate surface area is 183 Å². The minimum Gasteiger partial charge on any atom is -0.479 e. The van der Waals surface area contributed by atoms with Gasteiger partial charge in [-0.2, -0.15) is 0 Å². The molecule has 8 heteroatoms. The van der Waals surface area contributed by atoms with Crippen molar-refractivity contribution in [2.75, 3.05) is 6.61 Å². The number of H-pyrrole nitrogens is 1. The van der Waals surface area contributed by atoms with Gasteiger partial charge in [0.25, 0.3) is 0 Å². The Kier molecular flexibility index (Phi) is 4.51. The minimum atomic E-state index is -1.08. The molecule has 0 aliphatic carbocycles. The Hall–Kier alpha value is -4.07. The lowest BCUT2D eigenvalue weighted by atomic mass is 9.96. The molecule has 8 nitrogen and oxygen atoms in total. The normalized spacial score (nSPS) is 11.5. The van der Waals surface area contributed by atoms with Gasteiger partial charge in [-0.25, -0.2) is 14.3 Å². The molecule has 0 amide bonds. The van der Waals surface area contributed by atoms with Crippen molar-refractivity contribution < 1.29 is 19.2 Å². The Bertz CT molecular complexity index is 1490. The van der Waals surface area contributed by atoms with Gasteiger partial charge in [0.15, 0.2) is 11.7 Å². The highest BCUT2D eigenvalue weighted by molar-refractivity contribution is 6.05. The van der Waals surface area contributed by atoms with Crippen molar-refractivity contribution in [1.82, 2.24) is 19.7 Å². The lowest BCUT2D eigenvalue weighted by molar-refractivity contribution is 0.197. The van der Waals surface area contributed by atoms with Crippen LogP contribution in [0.2, 0.25) is 0 Å². The van der Waals surface area contributed by atoms with Crippen molar-refractivity contribution >= 4 is 28.0 Å². The Morgan fingerprint density at radius 2 is 1.94 bits per heavy atom. The van der Waals surface area contributed by atoms with Crippen LogP contribution in [-0.2, 0) is 0 Å². The van der Waals surface area contributed by atoms with Crippen LogP contribution in [0.3, 0.4) is 0 Å². The standard InChI is InChI=1S/C24H22N4O4/c1-5-31-23-21(20-13(3)27-32-14(20)4)19-12(2)15(10-11-17(19)26-23)22-25-16-8-6-7-9-18(16)28(22)24(29)30/h6-11,26H,5H2,1-4H3,(H,29,30). The number of benzene rings is 2. The van der Waals surface area contributed by atoms with Gasteiger partial charge < -0.3 is 19.4 Å². The molecule has 0 unspecified atom stereocenters. The van der Waals surface area contributed by atoms with E-state index < -0.39 is 6.09 Å². The highest BCUT2D eigenvalue weighted by Gasteiger charge is 2.26. The average molecular weight is 430 g/mol. The van der Waals surface area contributed by atoms with E-state index >= 15 is 0 Å². The molecule has 0 fully saturated rings. The molecule has 5 aromatic rings. The molecular formula is C24H22N4O4. The van der Waals surface area contributed by atoms with Gasteiger partial charge in [0.05, 0.1) is 34.5 Å². The number of para-hydroxylation sites is 2. The van der Waals surface area contributed by atoms with Crippen molar-refractivity contribution in [2.45, 2.75) is 27.7 Å². The maximum Gasteiger partial charge on any atom is 0.417 e. The lowest BCUT2D eigenvalue weighted by Gasteiger charge is -2.10. The van der Waals surface area contributed by atoms with Gasteiger partial charge in [0.1, 0.15) is 5.76 Å². The Morgan fingerprint density at radius 3 is 2.62 bits per heavy atom. The van der Waals surface area contributed by atoms with Crippen molar-refractivity contribution in [1.29, 1.82) is 0 Å². The topological polar surface area (TPSA) is 106 Å². The quantitative estimate of drug-likeness (QED) is 0.379. The van der Waals surface area contributed by atoms with Gasteiger partial charge in [-0.3, -0.25) is 0 Å². The van der Waals surface area contributed by atoms with Crippen LogP contribution in [0.1, 0.15) is 23.9 Å². The zero-order valence-corrected chi connectivity index (χ0v) is 18.2. The Morgan fingerprint density at radius 1 is 1.16 bits per heavy atom. The number of imidazole rings is 1. The van der Waals surface area contributed by atoms with Crippen LogP contribution in [0, 0.1) is 20.8 Å². The fraction of sp³-hybridized carbons (Fsp3) is 0.208. The molecule has 2 aromatic carbocycles. The van der Waals surface area contributed by atoms with E-state index in [0.717, 1.165) is 38.9 Å². The first kappa shape index (κ1) is 19.9. The van der Waals surface area contributed by atoms with E-state index in [2.05, 4.69) is 15.1 Å². The second-order valence-electron chi connectivity index (χ2n) is 7.66. The summed E-state index contributed by atoms with van der Waals surface area (Å²) in [5.74, 6) is 1.69. The molecular weight excluding hydrogens is 408 g/mol. The number of nitrogens with one attached hydrogen (secondary N) is 1. The molecule has 162 valence electrons. The van der Waals surface area contributed by atoms with E-state index in [1.165, 1.54) is 4.57 Å². The fourth-order valence-electron chi connectivity index (χ4n) is 4.41. The molecule has 32 heavy (non-hydrogen) atoms. The largest absolute Gasteiger partial charge is 0.479 e. The predicted molar refractivity (Wildman–Crippen MR) is 121 cm³/mol. The minimum absolute atomic E-state index is 0.377. The van der Waals surface area contributed by atoms with Crippen LogP contribution in [0.15, 0.2) is 40.9 Å². The third kappa shape index (κ3) is 2.80. The number of carboxylic acid groups (broad SMARTS) is 1. The molecule has 0 saturated heterocycles. The molecule has 0 atom stereocenters. The van der Waals surface area contributed by atoms with Crippen LogP contribution in [0.5, 0.6) is 5.88 Å². The zero-order chi connectivity index (χ0) is 22.6. The second kappa shape index (κ2) is 7.26. The van der Waals surface area contributed by atoms with Gasteiger partial charge in [0, 0.05) is 16.5 Å². The van der Waals surface area contributed by atoms with Gasteiger partial charge in [-0.1, -0.05) is 17.3 Å². The first-order chi connectivity index (χ1) is 15.4. The number of rotatable bonds is 4. The second-order valence-corrected chi connectivity index (χ2v) is 7.66. The maximum absolute atomic E-state index is 12.2. The Balaban J connectivity index is 1.86. The fourth-order valence-corrected chi connectivity index (χ4v) is 4.41. The highest BCUT2D eigenvalue weighted by atomic mass is 16.5. The summed E-state index contributed by atoms with van der Waals surface area (Å²) >= 11 is 0. The number of hydrogen-bond donors (Lipinski definition) is 2. The van der Waals surface area contributed by atoms with Gasteiger partial charge in [0.2, 0.25) is 0 Å². The van der Waals surface area contributed by atoms with Crippen LogP contribution in [-0.4, -0.2) is 37.5 Å². The van der Waals surface area contributed by atoms with E-state index in [4.69, 9.17) is 9.26 Å². The summed E-state index contributed by atoms with van der Waals surface area (Å²) in [5.41, 5.74) is 6.14. The average Bonchev–Trinajstić information content (AvgIpc) is 3.41. The highest BCUT2D eigenvalue weighted by Crippen LogP contribution is 2.44. The summed E-state index contributed by atoms with van der Waals surface area (Å²) in [6.07, 6.45) is -1.08. The monoisotopic (exact) mass is 430 g/mol. The molecule has 0 radical (unpaired) electrons. The summed E-state index contributed by atoms with van der Waals surface area (Å²) in [6.45, 7) is 8.14. The number of nitrogens with zero attached hydrogens (tertiary/aromatic N) is 3. The van der Waals surface area contributed by atoms with Crippen molar-refractivity contribution in [3.8, 4) is 28.4 Å². The van der Waals surface area contributed by atoms with Gasteiger partial charge >= 0.3 is 6.09 Å². The van der Waals surface area contributed by atoms with Crippen LogP contribution >= 0.6 is 0 Å². The first-order valence-corrected chi connectivity index (χ1v) is 10.3. The van der Waals surface area contributed by atoms with E-state index in [1.807, 2.05) is 52.0 Å². The summed E-state index contributed by atoms with van der Waals surface area (Å²) in [4.78, 5) is 20.2. The summed E-state index contributed by atoms with van der Waals surface area (Å²) in [6, 6.07) is 11.0. The molecule has 3 aromatic heterocycles.